The third-order valence-electron chi connectivity index (χ3n) is 2.49. The zero-order valence-corrected chi connectivity index (χ0v) is 13.2. The highest BCUT2D eigenvalue weighted by Gasteiger charge is 2.35. The predicted molar refractivity (Wildman–Crippen MR) is 75.2 cm³/mol. The molecule has 0 bridgehead atoms. The van der Waals surface area contributed by atoms with Crippen LogP contribution in [-0.4, -0.2) is 5.11 Å². The number of aliphatic hydroxyl groups is 1. The summed E-state index contributed by atoms with van der Waals surface area (Å²) in [5.74, 6) is 0. The Morgan fingerprint density at radius 3 is 2.32 bits per heavy atom. The molecule has 0 saturated carbocycles. The molecule has 1 aromatic carbocycles. The first kappa shape index (κ1) is 15.0. The minimum atomic E-state index is -4.48. The molecule has 1 aromatic heterocycles. The van der Waals surface area contributed by atoms with Crippen molar-refractivity contribution >= 4 is 43.2 Å². The van der Waals surface area contributed by atoms with Gasteiger partial charge in [-0.2, -0.15) is 13.2 Å². The molecule has 0 aliphatic carbocycles. The first-order valence-corrected chi connectivity index (χ1v) is 7.50. The molecule has 0 spiro atoms. The van der Waals surface area contributed by atoms with Crippen molar-refractivity contribution in [2.75, 3.05) is 0 Å². The number of benzene rings is 1. The lowest BCUT2D eigenvalue weighted by molar-refractivity contribution is -0.138. The van der Waals surface area contributed by atoms with Crippen LogP contribution in [0.25, 0.3) is 0 Å². The van der Waals surface area contributed by atoms with Crippen LogP contribution in [-0.2, 0) is 6.18 Å². The molecule has 2 aromatic rings. The molecule has 102 valence electrons. The maximum atomic E-state index is 12.9. The van der Waals surface area contributed by atoms with Crippen LogP contribution >= 0.6 is 43.2 Å². The molecule has 1 unspecified atom stereocenters. The fourth-order valence-electron chi connectivity index (χ4n) is 1.64. The Balaban J connectivity index is 2.47. The van der Waals surface area contributed by atoms with Gasteiger partial charge < -0.3 is 5.11 Å². The number of alkyl halides is 3. The van der Waals surface area contributed by atoms with E-state index in [0.717, 1.165) is 9.85 Å². The van der Waals surface area contributed by atoms with Crippen molar-refractivity contribution < 1.29 is 18.3 Å². The van der Waals surface area contributed by atoms with Gasteiger partial charge in [0.05, 0.1) is 9.35 Å². The third-order valence-corrected chi connectivity index (χ3v) is 5.80. The van der Waals surface area contributed by atoms with Crippen molar-refractivity contribution in [1.29, 1.82) is 0 Å². The summed E-state index contributed by atoms with van der Waals surface area (Å²) in [4.78, 5) is 0.440. The standard InChI is InChI=1S/C12H7Br2F3OS/c13-8-5-9(19-11(8)14)10(18)6-3-1-2-4-7(6)12(15,16)17/h1-5,10,18H. The van der Waals surface area contributed by atoms with Crippen molar-refractivity contribution in [3.05, 3.63) is 54.6 Å². The number of halogens is 5. The molecule has 7 heteroatoms. The lowest BCUT2D eigenvalue weighted by atomic mass is 10.0. The number of aliphatic hydroxyl groups excluding tert-OH is 1. The highest BCUT2D eigenvalue weighted by atomic mass is 79.9. The minimum Gasteiger partial charge on any atom is -0.383 e. The van der Waals surface area contributed by atoms with Crippen LogP contribution in [0.1, 0.15) is 22.1 Å². The molecule has 0 aliphatic heterocycles. The predicted octanol–water partition coefficient (Wildman–Crippen LogP) is 5.37. The Bertz CT molecular complexity index is 575. The Morgan fingerprint density at radius 2 is 1.79 bits per heavy atom. The van der Waals surface area contributed by atoms with Gasteiger partial charge in [-0.3, -0.25) is 0 Å². The Morgan fingerprint density at radius 1 is 1.16 bits per heavy atom. The molecule has 0 fully saturated rings. The lowest BCUT2D eigenvalue weighted by Crippen LogP contribution is -2.12. The van der Waals surface area contributed by atoms with Crippen LogP contribution < -0.4 is 0 Å². The van der Waals surface area contributed by atoms with E-state index in [1.165, 1.54) is 29.5 Å². The molecule has 1 heterocycles. The summed E-state index contributed by atoms with van der Waals surface area (Å²) in [6.45, 7) is 0. The second-order valence-corrected chi connectivity index (χ2v) is 7.01. The van der Waals surface area contributed by atoms with E-state index >= 15 is 0 Å². The maximum absolute atomic E-state index is 12.9. The minimum absolute atomic E-state index is 0.142. The smallest absolute Gasteiger partial charge is 0.383 e. The monoisotopic (exact) mass is 414 g/mol. The van der Waals surface area contributed by atoms with Gasteiger partial charge in [0.15, 0.2) is 0 Å². The molecule has 1 atom stereocenters. The first-order valence-electron chi connectivity index (χ1n) is 5.09. The maximum Gasteiger partial charge on any atom is 0.416 e. The van der Waals surface area contributed by atoms with Gasteiger partial charge in [0, 0.05) is 9.35 Å². The Hall–Kier alpha value is -0.370. The van der Waals surface area contributed by atoms with Crippen molar-refractivity contribution in [3.63, 3.8) is 0 Å². The summed E-state index contributed by atoms with van der Waals surface area (Å²) in [5, 5.41) is 10.1. The average Bonchev–Trinajstić information content (AvgIpc) is 2.68. The molecule has 2 rings (SSSR count). The van der Waals surface area contributed by atoms with Crippen LogP contribution in [0, 0.1) is 0 Å². The van der Waals surface area contributed by atoms with E-state index in [0.29, 0.717) is 9.35 Å². The van der Waals surface area contributed by atoms with Crippen LogP contribution in [0.4, 0.5) is 13.2 Å². The van der Waals surface area contributed by atoms with Crippen molar-refractivity contribution in [2.45, 2.75) is 12.3 Å². The summed E-state index contributed by atoms with van der Waals surface area (Å²) in [5.41, 5.74) is -0.959. The first-order chi connectivity index (χ1) is 8.80. The highest BCUT2D eigenvalue weighted by molar-refractivity contribution is 9.13. The summed E-state index contributed by atoms with van der Waals surface area (Å²) < 4.78 is 40.1. The zero-order valence-electron chi connectivity index (χ0n) is 9.21. The molecular formula is C12H7Br2F3OS. The highest BCUT2D eigenvalue weighted by Crippen LogP contribution is 2.41. The van der Waals surface area contributed by atoms with Gasteiger partial charge in [0.2, 0.25) is 0 Å². The van der Waals surface area contributed by atoms with E-state index in [4.69, 9.17) is 0 Å². The normalized spacial score (nSPS) is 13.6. The number of hydrogen-bond acceptors (Lipinski definition) is 2. The van der Waals surface area contributed by atoms with Crippen LogP contribution in [0.5, 0.6) is 0 Å². The summed E-state index contributed by atoms with van der Waals surface area (Å²) in [6.07, 6.45) is -5.78. The van der Waals surface area contributed by atoms with E-state index in [1.54, 1.807) is 6.07 Å². The van der Waals surface area contributed by atoms with E-state index in [1.807, 2.05) is 0 Å². The number of rotatable bonds is 2. The molecule has 19 heavy (non-hydrogen) atoms. The fraction of sp³-hybridized carbons (Fsp3) is 0.167. The molecule has 0 aliphatic rings. The second kappa shape index (κ2) is 5.55. The molecule has 1 N–H and O–H groups in total. The molecule has 0 saturated heterocycles. The largest absolute Gasteiger partial charge is 0.416 e. The Kier molecular flexibility index (Phi) is 4.39. The quantitative estimate of drug-likeness (QED) is 0.698. The van der Waals surface area contributed by atoms with Crippen molar-refractivity contribution in [1.82, 2.24) is 0 Å². The van der Waals surface area contributed by atoms with Gasteiger partial charge in [-0.05, 0) is 49.6 Å². The van der Waals surface area contributed by atoms with Gasteiger partial charge in [0.25, 0.3) is 0 Å². The average molecular weight is 416 g/mol. The number of hydrogen-bond donors (Lipinski definition) is 1. The van der Waals surface area contributed by atoms with E-state index in [9.17, 15) is 18.3 Å². The molecule has 0 amide bonds. The summed E-state index contributed by atoms with van der Waals surface area (Å²) >= 11 is 7.69. The van der Waals surface area contributed by atoms with E-state index in [-0.39, 0.29) is 5.56 Å². The van der Waals surface area contributed by atoms with E-state index in [2.05, 4.69) is 31.9 Å². The summed E-state index contributed by atoms with van der Waals surface area (Å²) in [7, 11) is 0. The van der Waals surface area contributed by atoms with Crippen molar-refractivity contribution in [3.8, 4) is 0 Å². The summed E-state index contributed by atoms with van der Waals surface area (Å²) in [6, 6.07) is 6.64. The van der Waals surface area contributed by atoms with E-state index < -0.39 is 17.8 Å². The van der Waals surface area contributed by atoms with Gasteiger partial charge in [0.1, 0.15) is 6.10 Å². The molecular weight excluding hydrogens is 409 g/mol. The molecule has 1 nitrogen and oxygen atoms in total. The fourth-order valence-corrected chi connectivity index (χ4v) is 3.74. The van der Waals surface area contributed by atoms with Crippen molar-refractivity contribution in [2.24, 2.45) is 0 Å². The SMILES string of the molecule is OC(c1cc(Br)c(Br)s1)c1ccccc1C(F)(F)F. The lowest BCUT2D eigenvalue weighted by Gasteiger charge is -2.16. The second-order valence-electron chi connectivity index (χ2n) is 3.76. The van der Waals surface area contributed by atoms with Crippen LogP contribution in [0.2, 0.25) is 0 Å². The topological polar surface area (TPSA) is 20.2 Å². The zero-order chi connectivity index (χ0) is 14.2. The van der Waals surface area contributed by atoms with Gasteiger partial charge in [-0.1, -0.05) is 18.2 Å². The van der Waals surface area contributed by atoms with Gasteiger partial charge in [-0.15, -0.1) is 11.3 Å². The van der Waals surface area contributed by atoms with Crippen LogP contribution in [0.3, 0.4) is 0 Å². The molecule has 0 radical (unpaired) electrons. The van der Waals surface area contributed by atoms with Gasteiger partial charge in [-0.25, -0.2) is 0 Å². The van der Waals surface area contributed by atoms with Crippen LogP contribution in [0.15, 0.2) is 38.6 Å². The van der Waals surface area contributed by atoms with Gasteiger partial charge >= 0.3 is 6.18 Å². The number of thiophene rings is 1. The Labute approximate surface area is 128 Å². The third kappa shape index (κ3) is 3.21.